The van der Waals surface area contributed by atoms with Crippen LogP contribution in [0.4, 0.5) is 0 Å². The number of nitriles is 2. The van der Waals surface area contributed by atoms with E-state index in [0.717, 1.165) is 30.6 Å². The summed E-state index contributed by atoms with van der Waals surface area (Å²) in [4.78, 5) is 0. The SMILES string of the molecule is CC1CCC2CC(C#N)C(C#N)CC2C1. The van der Waals surface area contributed by atoms with Gasteiger partial charge in [-0.3, -0.25) is 0 Å². The Morgan fingerprint density at radius 3 is 2.07 bits per heavy atom. The minimum atomic E-state index is 0.00144. The van der Waals surface area contributed by atoms with Crippen molar-refractivity contribution in [2.24, 2.45) is 29.6 Å². The quantitative estimate of drug-likeness (QED) is 0.606. The third-order valence-corrected chi connectivity index (χ3v) is 4.33. The first kappa shape index (κ1) is 10.5. The number of rotatable bonds is 0. The number of fused-ring (bicyclic) bond motifs is 1. The van der Waals surface area contributed by atoms with E-state index in [1.165, 1.54) is 19.3 Å². The average molecular weight is 202 g/mol. The van der Waals surface area contributed by atoms with E-state index < -0.39 is 0 Å². The van der Waals surface area contributed by atoms with Gasteiger partial charge in [-0.15, -0.1) is 0 Å². The molecule has 2 heteroatoms. The molecule has 5 unspecified atom stereocenters. The van der Waals surface area contributed by atoms with E-state index in [0.29, 0.717) is 0 Å². The fraction of sp³-hybridized carbons (Fsp3) is 0.846. The summed E-state index contributed by atoms with van der Waals surface area (Å²) in [5, 5.41) is 18.1. The zero-order valence-electron chi connectivity index (χ0n) is 9.32. The van der Waals surface area contributed by atoms with E-state index in [4.69, 9.17) is 10.5 Å². The van der Waals surface area contributed by atoms with Crippen molar-refractivity contribution in [2.75, 3.05) is 0 Å². The van der Waals surface area contributed by atoms with E-state index in [9.17, 15) is 0 Å². The summed E-state index contributed by atoms with van der Waals surface area (Å²) >= 11 is 0. The molecule has 0 aromatic rings. The molecule has 2 aliphatic rings. The summed E-state index contributed by atoms with van der Waals surface area (Å²) < 4.78 is 0. The fourth-order valence-corrected chi connectivity index (χ4v) is 3.43. The van der Waals surface area contributed by atoms with Crippen LogP contribution in [0.15, 0.2) is 0 Å². The lowest BCUT2D eigenvalue weighted by molar-refractivity contribution is 0.0974. The summed E-state index contributed by atoms with van der Waals surface area (Å²) in [5.41, 5.74) is 0. The summed E-state index contributed by atoms with van der Waals surface area (Å²) in [6.45, 7) is 2.31. The van der Waals surface area contributed by atoms with Crippen molar-refractivity contribution in [3.05, 3.63) is 0 Å². The van der Waals surface area contributed by atoms with Crippen LogP contribution in [0.3, 0.4) is 0 Å². The van der Waals surface area contributed by atoms with Gasteiger partial charge in [0.15, 0.2) is 0 Å². The van der Waals surface area contributed by atoms with Gasteiger partial charge in [0, 0.05) is 0 Å². The largest absolute Gasteiger partial charge is 0.198 e. The van der Waals surface area contributed by atoms with Gasteiger partial charge in [-0.05, 0) is 43.4 Å². The summed E-state index contributed by atoms with van der Waals surface area (Å²) in [6.07, 6.45) is 5.83. The zero-order chi connectivity index (χ0) is 10.8. The zero-order valence-corrected chi connectivity index (χ0v) is 9.32. The molecule has 0 amide bonds. The van der Waals surface area contributed by atoms with Gasteiger partial charge in [0.2, 0.25) is 0 Å². The first-order chi connectivity index (χ1) is 7.24. The van der Waals surface area contributed by atoms with Gasteiger partial charge in [-0.1, -0.05) is 13.3 Å². The Labute approximate surface area is 91.9 Å². The smallest absolute Gasteiger partial charge is 0.0669 e. The van der Waals surface area contributed by atoms with E-state index >= 15 is 0 Å². The van der Waals surface area contributed by atoms with E-state index in [1.54, 1.807) is 0 Å². The second-order valence-electron chi connectivity index (χ2n) is 5.38. The summed E-state index contributed by atoms with van der Waals surface area (Å²) in [6, 6.07) is 4.66. The van der Waals surface area contributed by atoms with Crippen LogP contribution in [0.5, 0.6) is 0 Å². The lowest BCUT2D eigenvalue weighted by Crippen LogP contribution is -2.34. The predicted molar refractivity (Wildman–Crippen MR) is 57.4 cm³/mol. The second kappa shape index (κ2) is 4.23. The molecule has 2 rings (SSSR count). The lowest BCUT2D eigenvalue weighted by atomic mass is 9.62. The maximum Gasteiger partial charge on any atom is 0.0669 e. The Balaban J connectivity index is 2.07. The molecule has 0 spiro atoms. The van der Waals surface area contributed by atoms with Crippen molar-refractivity contribution in [2.45, 2.75) is 39.0 Å². The van der Waals surface area contributed by atoms with Gasteiger partial charge < -0.3 is 0 Å². The van der Waals surface area contributed by atoms with Crippen LogP contribution in [0.25, 0.3) is 0 Å². The maximum atomic E-state index is 9.05. The summed E-state index contributed by atoms with van der Waals surface area (Å²) in [5.74, 6) is 2.29. The standard InChI is InChI=1S/C13H18N2/c1-9-2-3-10-5-12(7-14)13(8-15)6-11(10)4-9/h9-13H,2-6H2,1H3. The highest BCUT2D eigenvalue weighted by atomic mass is 14.5. The molecule has 0 aliphatic heterocycles. The monoisotopic (exact) mass is 202 g/mol. The highest BCUT2D eigenvalue weighted by Gasteiger charge is 2.39. The van der Waals surface area contributed by atoms with Crippen LogP contribution in [0, 0.1) is 52.3 Å². The number of nitrogens with zero attached hydrogens (tertiary/aromatic N) is 2. The van der Waals surface area contributed by atoms with Gasteiger partial charge in [0.05, 0.1) is 24.0 Å². The van der Waals surface area contributed by atoms with Crippen LogP contribution in [0.2, 0.25) is 0 Å². The molecule has 5 atom stereocenters. The van der Waals surface area contributed by atoms with Crippen molar-refractivity contribution in [3.63, 3.8) is 0 Å². The van der Waals surface area contributed by atoms with Gasteiger partial charge in [0.25, 0.3) is 0 Å². The van der Waals surface area contributed by atoms with Crippen molar-refractivity contribution < 1.29 is 0 Å². The third kappa shape index (κ3) is 2.00. The molecule has 0 radical (unpaired) electrons. The van der Waals surface area contributed by atoms with Gasteiger partial charge in [-0.2, -0.15) is 10.5 Å². The molecule has 0 N–H and O–H groups in total. The molecule has 0 heterocycles. The summed E-state index contributed by atoms with van der Waals surface area (Å²) in [7, 11) is 0. The number of hydrogen-bond donors (Lipinski definition) is 0. The minimum absolute atomic E-state index is 0.00144. The lowest BCUT2D eigenvalue weighted by Gasteiger charge is -2.41. The first-order valence-electron chi connectivity index (χ1n) is 6.03. The molecule has 0 aromatic carbocycles. The molecule has 2 nitrogen and oxygen atoms in total. The van der Waals surface area contributed by atoms with Crippen LogP contribution >= 0.6 is 0 Å². The topological polar surface area (TPSA) is 47.6 Å². The van der Waals surface area contributed by atoms with Crippen molar-refractivity contribution in [1.82, 2.24) is 0 Å². The highest BCUT2D eigenvalue weighted by molar-refractivity contribution is 5.04. The molecule has 15 heavy (non-hydrogen) atoms. The molecule has 2 aliphatic carbocycles. The highest BCUT2D eigenvalue weighted by Crippen LogP contribution is 2.46. The molecule has 2 saturated carbocycles. The molecular formula is C13H18N2. The van der Waals surface area contributed by atoms with Crippen LogP contribution in [-0.4, -0.2) is 0 Å². The van der Waals surface area contributed by atoms with Crippen molar-refractivity contribution in [3.8, 4) is 12.1 Å². The van der Waals surface area contributed by atoms with E-state index in [-0.39, 0.29) is 11.8 Å². The van der Waals surface area contributed by atoms with Gasteiger partial charge in [0.1, 0.15) is 0 Å². The maximum absolute atomic E-state index is 9.05. The predicted octanol–water partition coefficient (Wildman–Crippen LogP) is 3.11. The Bertz CT molecular complexity index is 309. The van der Waals surface area contributed by atoms with Crippen LogP contribution in [-0.2, 0) is 0 Å². The molecule has 80 valence electrons. The first-order valence-corrected chi connectivity index (χ1v) is 6.03. The van der Waals surface area contributed by atoms with E-state index in [2.05, 4.69) is 19.1 Å². The molecule has 2 fully saturated rings. The number of hydrogen-bond acceptors (Lipinski definition) is 2. The fourth-order valence-electron chi connectivity index (χ4n) is 3.43. The molecular weight excluding hydrogens is 184 g/mol. The average Bonchev–Trinajstić information content (AvgIpc) is 2.27. The van der Waals surface area contributed by atoms with Gasteiger partial charge in [-0.25, -0.2) is 0 Å². The second-order valence-corrected chi connectivity index (χ2v) is 5.38. The Hall–Kier alpha value is -1.02. The van der Waals surface area contributed by atoms with E-state index in [1.807, 2.05) is 0 Å². The van der Waals surface area contributed by atoms with Crippen molar-refractivity contribution in [1.29, 1.82) is 10.5 Å². The third-order valence-electron chi connectivity index (χ3n) is 4.33. The molecule has 0 aromatic heterocycles. The van der Waals surface area contributed by atoms with Gasteiger partial charge >= 0.3 is 0 Å². The Morgan fingerprint density at radius 2 is 1.47 bits per heavy atom. The Kier molecular flexibility index (Phi) is 2.96. The molecule has 0 bridgehead atoms. The van der Waals surface area contributed by atoms with Crippen LogP contribution < -0.4 is 0 Å². The minimum Gasteiger partial charge on any atom is -0.198 e. The van der Waals surface area contributed by atoms with Crippen LogP contribution in [0.1, 0.15) is 39.0 Å². The normalized spacial score (nSPS) is 44.9. The molecule has 0 saturated heterocycles. The Morgan fingerprint density at radius 1 is 0.867 bits per heavy atom. The van der Waals surface area contributed by atoms with Crippen molar-refractivity contribution >= 4 is 0 Å².